The first-order valence-corrected chi connectivity index (χ1v) is 7.88. The Labute approximate surface area is 122 Å². The average Bonchev–Trinajstić information content (AvgIpc) is 2.60. The smallest absolute Gasteiger partial charge is 0.256 e. The van der Waals surface area contributed by atoms with E-state index in [9.17, 15) is 4.79 Å². The van der Waals surface area contributed by atoms with Gasteiger partial charge in [-0.15, -0.1) is 11.3 Å². The topological polar surface area (TPSA) is 32.3 Å². The molecule has 0 bridgehead atoms. The van der Waals surface area contributed by atoms with Gasteiger partial charge < -0.3 is 10.2 Å². The van der Waals surface area contributed by atoms with E-state index in [-0.39, 0.29) is 11.9 Å². The summed E-state index contributed by atoms with van der Waals surface area (Å²) in [4.78, 5) is 14.4. The van der Waals surface area contributed by atoms with Crippen molar-refractivity contribution in [2.24, 2.45) is 0 Å². The van der Waals surface area contributed by atoms with Crippen LogP contribution in [-0.4, -0.2) is 36.0 Å². The van der Waals surface area contributed by atoms with Crippen molar-refractivity contribution in [1.29, 1.82) is 0 Å². The van der Waals surface area contributed by atoms with Crippen LogP contribution >= 0.6 is 43.2 Å². The van der Waals surface area contributed by atoms with Crippen LogP contribution in [0, 0.1) is 0 Å². The molecule has 0 saturated carbocycles. The number of amides is 1. The first-order valence-electron chi connectivity index (χ1n) is 5.48. The summed E-state index contributed by atoms with van der Waals surface area (Å²) in [5.74, 6) is 0.111. The summed E-state index contributed by atoms with van der Waals surface area (Å²) in [6.45, 7) is 5.80. The van der Waals surface area contributed by atoms with Gasteiger partial charge in [-0.2, -0.15) is 0 Å². The van der Waals surface area contributed by atoms with Crippen molar-refractivity contribution < 1.29 is 4.79 Å². The number of carbonyl (C=O) groups is 1. The lowest BCUT2D eigenvalue weighted by atomic mass is 10.1. The molecule has 0 radical (unpaired) electrons. The zero-order chi connectivity index (χ0) is 12.6. The van der Waals surface area contributed by atoms with Gasteiger partial charge in [0.2, 0.25) is 0 Å². The molecule has 6 heteroatoms. The van der Waals surface area contributed by atoms with Crippen molar-refractivity contribution in [3.63, 3.8) is 0 Å². The van der Waals surface area contributed by atoms with Gasteiger partial charge in [-0.25, -0.2) is 0 Å². The molecule has 2 heterocycles. The van der Waals surface area contributed by atoms with Crippen LogP contribution in [0.2, 0.25) is 0 Å². The number of rotatable bonds is 1. The second-order valence-corrected chi connectivity index (χ2v) is 8.10. The fourth-order valence-corrected chi connectivity index (χ4v) is 4.72. The van der Waals surface area contributed by atoms with E-state index >= 15 is 0 Å². The van der Waals surface area contributed by atoms with Gasteiger partial charge in [-0.1, -0.05) is 0 Å². The number of piperazine rings is 1. The first-order chi connectivity index (χ1) is 7.99. The summed E-state index contributed by atoms with van der Waals surface area (Å²) >= 11 is 8.39. The Hall–Kier alpha value is 0.0900. The number of nitrogens with one attached hydrogen (secondary N) is 1. The molecule has 2 rings (SSSR count). The largest absolute Gasteiger partial charge is 0.333 e. The van der Waals surface area contributed by atoms with Gasteiger partial charge in [0.25, 0.3) is 5.91 Å². The van der Waals surface area contributed by atoms with Gasteiger partial charge >= 0.3 is 0 Å². The van der Waals surface area contributed by atoms with E-state index in [1.54, 1.807) is 0 Å². The zero-order valence-corrected chi connectivity index (χ0v) is 13.7. The Kier molecular flexibility index (Phi) is 4.28. The zero-order valence-electron chi connectivity index (χ0n) is 9.67. The highest BCUT2D eigenvalue weighted by Gasteiger charge is 2.29. The number of nitrogens with zero attached hydrogens (tertiary/aromatic N) is 1. The fourth-order valence-electron chi connectivity index (χ4n) is 1.95. The highest BCUT2D eigenvalue weighted by Crippen LogP contribution is 2.33. The second kappa shape index (κ2) is 5.38. The molecule has 1 aliphatic heterocycles. The molecule has 2 unspecified atom stereocenters. The van der Waals surface area contributed by atoms with Crippen LogP contribution in [0.25, 0.3) is 0 Å². The minimum Gasteiger partial charge on any atom is -0.333 e. The molecule has 1 fully saturated rings. The predicted octanol–water partition coefficient (Wildman–Crippen LogP) is 3.10. The van der Waals surface area contributed by atoms with Gasteiger partial charge in [0, 0.05) is 25.2 Å². The lowest BCUT2D eigenvalue weighted by molar-refractivity contribution is 0.0616. The average molecular weight is 382 g/mol. The monoisotopic (exact) mass is 380 g/mol. The van der Waals surface area contributed by atoms with E-state index in [1.807, 2.05) is 11.0 Å². The summed E-state index contributed by atoms with van der Waals surface area (Å²) in [6.07, 6.45) is 0. The Morgan fingerprint density at radius 2 is 2.24 bits per heavy atom. The van der Waals surface area contributed by atoms with Crippen molar-refractivity contribution in [3.05, 3.63) is 19.2 Å². The van der Waals surface area contributed by atoms with E-state index < -0.39 is 0 Å². The Bertz CT molecular complexity index is 435. The van der Waals surface area contributed by atoms with E-state index in [2.05, 4.69) is 51.0 Å². The SMILES string of the molecule is CC1CN(C(=O)c2cc(Br)sc2Br)C(C)CN1. The molecule has 0 aromatic carbocycles. The Morgan fingerprint density at radius 1 is 1.53 bits per heavy atom. The number of carbonyl (C=O) groups excluding carboxylic acids is 1. The second-order valence-electron chi connectivity index (χ2n) is 4.35. The van der Waals surface area contributed by atoms with Crippen molar-refractivity contribution in [1.82, 2.24) is 10.2 Å². The molecule has 3 nitrogen and oxygen atoms in total. The van der Waals surface area contributed by atoms with Gasteiger partial charge in [0.15, 0.2) is 0 Å². The maximum Gasteiger partial charge on any atom is 0.256 e. The van der Waals surface area contributed by atoms with E-state index in [0.29, 0.717) is 6.04 Å². The van der Waals surface area contributed by atoms with Crippen LogP contribution in [0.15, 0.2) is 13.6 Å². The molecule has 1 N–H and O–H groups in total. The number of hydrogen-bond acceptors (Lipinski definition) is 3. The van der Waals surface area contributed by atoms with E-state index in [4.69, 9.17) is 0 Å². The molecule has 17 heavy (non-hydrogen) atoms. The van der Waals surface area contributed by atoms with Gasteiger partial charge in [0.1, 0.15) is 0 Å². The minimum atomic E-state index is 0.111. The third kappa shape index (κ3) is 2.92. The quantitative estimate of drug-likeness (QED) is 0.810. The molecule has 1 saturated heterocycles. The standard InChI is InChI=1S/C11H14Br2N2OS/c1-6-5-15(7(2)4-14-6)11(16)8-3-9(12)17-10(8)13/h3,6-7,14H,4-5H2,1-2H3. The van der Waals surface area contributed by atoms with Crippen LogP contribution in [-0.2, 0) is 0 Å². The molecular formula is C11H14Br2N2OS. The molecule has 1 aromatic heterocycles. The number of halogens is 2. The molecule has 0 aliphatic carbocycles. The molecule has 2 atom stereocenters. The summed E-state index contributed by atoms with van der Waals surface area (Å²) in [6, 6.07) is 2.48. The van der Waals surface area contributed by atoms with Crippen LogP contribution in [0.1, 0.15) is 24.2 Å². The van der Waals surface area contributed by atoms with Crippen molar-refractivity contribution in [3.8, 4) is 0 Å². The van der Waals surface area contributed by atoms with Crippen LogP contribution in [0.3, 0.4) is 0 Å². The third-order valence-electron chi connectivity index (χ3n) is 2.91. The molecule has 1 aromatic rings. The Balaban J connectivity index is 2.21. The number of thiophene rings is 1. The van der Waals surface area contributed by atoms with Crippen LogP contribution < -0.4 is 5.32 Å². The lowest BCUT2D eigenvalue weighted by Crippen LogP contribution is -2.56. The van der Waals surface area contributed by atoms with Crippen molar-refractivity contribution >= 4 is 49.1 Å². The van der Waals surface area contributed by atoms with Crippen molar-refractivity contribution in [2.45, 2.75) is 25.9 Å². The maximum absolute atomic E-state index is 12.4. The minimum absolute atomic E-state index is 0.111. The lowest BCUT2D eigenvalue weighted by Gasteiger charge is -2.37. The Morgan fingerprint density at radius 3 is 2.82 bits per heavy atom. The van der Waals surface area contributed by atoms with Gasteiger partial charge in [-0.05, 0) is 51.8 Å². The van der Waals surface area contributed by atoms with Gasteiger partial charge in [-0.3, -0.25) is 4.79 Å². The van der Waals surface area contributed by atoms with Crippen molar-refractivity contribution in [2.75, 3.05) is 13.1 Å². The van der Waals surface area contributed by atoms with E-state index in [1.165, 1.54) is 11.3 Å². The summed E-state index contributed by atoms with van der Waals surface area (Å²) in [7, 11) is 0. The molecular weight excluding hydrogens is 368 g/mol. The third-order valence-corrected chi connectivity index (χ3v) is 5.25. The van der Waals surface area contributed by atoms with Crippen LogP contribution in [0.4, 0.5) is 0 Å². The normalized spacial score (nSPS) is 25.1. The summed E-state index contributed by atoms with van der Waals surface area (Å²) < 4.78 is 1.87. The maximum atomic E-state index is 12.4. The molecule has 1 aliphatic rings. The van der Waals surface area contributed by atoms with E-state index in [0.717, 1.165) is 26.2 Å². The first kappa shape index (κ1) is 13.5. The molecule has 1 amide bonds. The number of hydrogen-bond donors (Lipinski definition) is 1. The molecule has 94 valence electrons. The summed E-state index contributed by atoms with van der Waals surface area (Å²) in [5.41, 5.74) is 0.753. The summed E-state index contributed by atoms with van der Waals surface area (Å²) in [5, 5.41) is 3.38. The highest BCUT2D eigenvalue weighted by atomic mass is 79.9. The predicted molar refractivity (Wildman–Crippen MR) is 77.7 cm³/mol. The molecule has 0 spiro atoms. The van der Waals surface area contributed by atoms with Gasteiger partial charge in [0.05, 0.1) is 13.1 Å². The van der Waals surface area contributed by atoms with Crippen LogP contribution in [0.5, 0.6) is 0 Å². The highest BCUT2D eigenvalue weighted by molar-refractivity contribution is 9.12. The fraction of sp³-hybridized carbons (Fsp3) is 0.545.